The first-order valence-corrected chi connectivity index (χ1v) is 15.7. The van der Waals surface area contributed by atoms with Gasteiger partial charge in [0.1, 0.15) is 23.9 Å². The SMILES string of the molecule is COCCCOc1cccc2cc(COC3CN(C(=O)O)CCC3c3ccc(OCCCOCc4ccccc4OC)cc3)oc12. The van der Waals surface area contributed by atoms with E-state index in [0.29, 0.717) is 63.1 Å². The van der Waals surface area contributed by atoms with Crippen molar-refractivity contribution in [3.05, 3.63) is 89.7 Å². The van der Waals surface area contributed by atoms with Gasteiger partial charge in [-0.25, -0.2) is 4.79 Å². The molecule has 10 heteroatoms. The molecule has 4 aromatic rings. The Bertz CT molecular complexity index is 1520. The van der Waals surface area contributed by atoms with E-state index in [1.54, 1.807) is 14.2 Å². The summed E-state index contributed by atoms with van der Waals surface area (Å²) < 4.78 is 40.6. The van der Waals surface area contributed by atoms with Crippen molar-refractivity contribution >= 4 is 17.1 Å². The van der Waals surface area contributed by atoms with Gasteiger partial charge in [-0.2, -0.15) is 0 Å². The van der Waals surface area contributed by atoms with Crippen LogP contribution in [0.25, 0.3) is 11.0 Å². The van der Waals surface area contributed by atoms with Gasteiger partial charge in [-0.1, -0.05) is 42.5 Å². The molecule has 1 amide bonds. The summed E-state index contributed by atoms with van der Waals surface area (Å²) in [5.41, 5.74) is 2.77. The molecule has 1 fully saturated rings. The fraction of sp³-hybridized carbons (Fsp3) is 0.417. The molecule has 3 aromatic carbocycles. The van der Waals surface area contributed by atoms with Gasteiger partial charge >= 0.3 is 6.09 Å². The molecule has 0 saturated carbocycles. The maximum Gasteiger partial charge on any atom is 0.407 e. The van der Waals surface area contributed by atoms with Gasteiger partial charge in [0.2, 0.25) is 0 Å². The number of piperidine rings is 1. The number of hydrogen-bond donors (Lipinski definition) is 1. The number of likely N-dealkylation sites (tertiary alicyclic amines) is 1. The zero-order valence-corrected chi connectivity index (χ0v) is 26.5. The molecular weight excluding hydrogens is 590 g/mol. The highest BCUT2D eigenvalue weighted by Crippen LogP contribution is 2.34. The number of ether oxygens (including phenoxy) is 6. The molecule has 2 unspecified atom stereocenters. The maximum atomic E-state index is 11.8. The van der Waals surface area contributed by atoms with Crippen LogP contribution in [0.15, 0.2) is 77.2 Å². The van der Waals surface area contributed by atoms with Gasteiger partial charge in [-0.05, 0) is 42.3 Å². The third kappa shape index (κ3) is 8.93. The fourth-order valence-corrected chi connectivity index (χ4v) is 5.66. The molecule has 2 atom stereocenters. The summed E-state index contributed by atoms with van der Waals surface area (Å²) in [7, 11) is 3.33. The molecule has 1 saturated heterocycles. The molecule has 5 rings (SSSR count). The lowest BCUT2D eigenvalue weighted by Gasteiger charge is -2.37. The average Bonchev–Trinajstić information content (AvgIpc) is 3.51. The van der Waals surface area contributed by atoms with Gasteiger partial charge in [-0.15, -0.1) is 0 Å². The van der Waals surface area contributed by atoms with Crippen molar-refractivity contribution in [2.75, 3.05) is 53.7 Å². The highest BCUT2D eigenvalue weighted by Gasteiger charge is 2.33. The summed E-state index contributed by atoms with van der Waals surface area (Å²) >= 11 is 0. The number of nitrogens with zero attached hydrogens (tertiary/aromatic N) is 1. The Labute approximate surface area is 269 Å². The Balaban J connectivity index is 1.14. The van der Waals surface area contributed by atoms with E-state index >= 15 is 0 Å². The van der Waals surface area contributed by atoms with Crippen LogP contribution in [0.2, 0.25) is 0 Å². The van der Waals surface area contributed by atoms with E-state index < -0.39 is 6.09 Å². The lowest BCUT2D eigenvalue weighted by molar-refractivity contribution is -0.0251. The van der Waals surface area contributed by atoms with Crippen LogP contribution in [-0.4, -0.2) is 75.9 Å². The monoisotopic (exact) mass is 633 g/mol. The Hall–Kier alpha value is -4.25. The largest absolute Gasteiger partial charge is 0.496 e. The van der Waals surface area contributed by atoms with E-state index in [0.717, 1.165) is 40.9 Å². The second-order valence-corrected chi connectivity index (χ2v) is 11.2. The summed E-state index contributed by atoms with van der Waals surface area (Å²) in [6.45, 7) is 3.69. The molecular formula is C36H43NO9. The first-order chi connectivity index (χ1) is 22.6. The molecule has 1 aliphatic heterocycles. The third-order valence-electron chi connectivity index (χ3n) is 8.04. The fourth-order valence-electron chi connectivity index (χ4n) is 5.66. The molecule has 46 heavy (non-hydrogen) atoms. The zero-order chi connectivity index (χ0) is 32.1. The molecule has 2 heterocycles. The van der Waals surface area contributed by atoms with Gasteiger partial charge < -0.3 is 42.8 Å². The second kappa shape index (κ2) is 16.9. The topological polar surface area (TPSA) is 109 Å². The van der Waals surface area contributed by atoms with E-state index in [1.807, 2.05) is 72.8 Å². The van der Waals surface area contributed by atoms with E-state index in [-0.39, 0.29) is 25.2 Å². The molecule has 1 aliphatic rings. The molecule has 246 valence electrons. The zero-order valence-electron chi connectivity index (χ0n) is 26.5. The van der Waals surface area contributed by atoms with Gasteiger partial charge in [0.05, 0.1) is 46.2 Å². The summed E-state index contributed by atoms with van der Waals surface area (Å²) in [5.74, 6) is 2.96. The summed E-state index contributed by atoms with van der Waals surface area (Å²) in [6.07, 6.45) is 0.904. The van der Waals surface area contributed by atoms with Crippen molar-refractivity contribution in [3.63, 3.8) is 0 Å². The first-order valence-electron chi connectivity index (χ1n) is 15.7. The maximum absolute atomic E-state index is 11.8. The third-order valence-corrected chi connectivity index (χ3v) is 8.04. The Morgan fingerprint density at radius 3 is 2.48 bits per heavy atom. The highest BCUT2D eigenvalue weighted by atomic mass is 16.5. The van der Waals surface area contributed by atoms with Crippen LogP contribution < -0.4 is 14.2 Å². The Morgan fingerprint density at radius 1 is 0.891 bits per heavy atom. The number of furan rings is 1. The minimum Gasteiger partial charge on any atom is -0.496 e. The second-order valence-electron chi connectivity index (χ2n) is 11.2. The molecule has 1 aromatic heterocycles. The van der Waals surface area contributed by atoms with Crippen molar-refractivity contribution in [1.29, 1.82) is 0 Å². The number of rotatable bonds is 17. The van der Waals surface area contributed by atoms with E-state index in [2.05, 4.69) is 0 Å². The van der Waals surface area contributed by atoms with Gasteiger partial charge in [0, 0.05) is 50.0 Å². The smallest absolute Gasteiger partial charge is 0.407 e. The molecule has 0 aliphatic carbocycles. The van der Waals surface area contributed by atoms with Crippen LogP contribution in [0.4, 0.5) is 4.79 Å². The van der Waals surface area contributed by atoms with Crippen molar-refractivity contribution in [2.24, 2.45) is 0 Å². The van der Waals surface area contributed by atoms with Crippen LogP contribution >= 0.6 is 0 Å². The Morgan fingerprint density at radius 2 is 1.67 bits per heavy atom. The number of amides is 1. The highest BCUT2D eigenvalue weighted by molar-refractivity contribution is 5.83. The number of benzene rings is 3. The predicted molar refractivity (Wildman–Crippen MR) is 173 cm³/mol. The lowest BCUT2D eigenvalue weighted by Crippen LogP contribution is -2.46. The van der Waals surface area contributed by atoms with Crippen LogP contribution in [0.5, 0.6) is 17.2 Å². The quantitative estimate of drug-likeness (QED) is 0.124. The van der Waals surface area contributed by atoms with Crippen LogP contribution in [-0.2, 0) is 27.4 Å². The molecule has 0 bridgehead atoms. The normalized spacial score (nSPS) is 16.4. The standard InChI is InChI=1S/C36H43NO9/c1-40-18-6-21-44-33-11-5-9-27-22-30(46-35(27)33)25-45-34-23-37(36(38)39)17-16-31(34)26-12-14-29(15-13-26)43-20-7-19-42-24-28-8-3-4-10-32(28)41-2/h3-5,8-15,22,31,34H,6-7,16-21,23-25H2,1-2H3,(H,38,39). The van der Waals surface area contributed by atoms with Crippen molar-refractivity contribution in [1.82, 2.24) is 4.90 Å². The van der Waals surface area contributed by atoms with Crippen molar-refractivity contribution in [2.45, 2.75) is 44.5 Å². The van der Waals surface area contributed by atoms with Crippen LogP contribution in [0, 0.1) is 0 Å². The number of carboxylic acid groups (broad SMARTS) is 1. The van der Waals surface area contributed by atoms with Gasteiger partial charge in [0.25, 0.3) is 0 Å². The summed E-state index contributed by atoms with van der Waals surface area (Å²) in [5, 5.41) is 10.6. The number of para-hydroxylation sites is 2. The number of carbonyl (C=O) groups is 1. The number of methoxy groups -OCH3 is 2. The first kappa shape index (κ1) is 33.1. The van der Waals surface area contributed by atoms with Crippen molar-refractivity contribution < 1.29 is 42.7 Å². The molecule has 0 spiro atoms. The van der Waals surface area contributed by atoms with Gasteiger partial charge in [0.15, 0.2) is 11.3 Å². The van der Waals surface area contributed by atoms with Gasteiger partial charge in [-0.3, -0.25) is 0 Å². The summed E-state index contributed by atoms with van der Waals surface area (Å²) in [6, 6.07) is 23.6. The lowest BCUT2D eigenvalue weighted by atomic mass is 9.87. The van der Waals surface area contributed by atoms with E-state index in [4.69, 9.17) is 32.8 Å². The molecule has 10 nitrogen and oxygen atoms in total. The Kier molecular flexibility index (Phi) is 12.2. The summed E-state index contributed by atoms with van der Waals surface area (Å²) in [4.78, 5) is 13.2. The molecule has 0 radical (unpaired) electrons. The van der Waals surface area contributed by atoms with E-state index in [1.165, 1.54) is 4.90 Å². The number of fused-ring (bicyclic) bond motifs is 1. The molecule has 1 N–H and O–H groups in total. The minimum absolute atomic E-state index is 0.0251. The van der Waals surface area contributed by atoms with Crippen molar-refractivity contribution in [3.8, 4) is 17.2 Å². The van der Waals surface area contributed by atoms with Crippen LogP contribution in [0.3, 0.4) is 0 Å². The predicted octanol–water partition coefficient (Wildman–Crippen LogP) is 6.90. The van der Waals surface area contributed by atoms with Crippen LogP contribution in [0.1, 0.15) is 42.1 Å². The minimum atomic E-state index is -0.943. The number of hydrogen-bond acceptors (Lipinski definition) is 8. The van der Waals surface area contributed by atoms with E-state index in [9.17, 15) is 9.90 Å². The average molecular weight is 634 g/mol.